The van der Waals surface area contributed by atoms with Crippen molar-refractivity contribution in [1.29, 1.82) is 0 Å². The molecule has 1 aromatic rings. The van der Waals surface area contributed by atoms with E-state index >= 15 is 0 Å². The molecule has 0 bridgehead atoms. The number of ether oxygens (including phenoxy) is 2. The van der Waals surface area contributed by atoms with Gasteiger partial charge in [0.1, 0.15) is 5.75 Å². The van der Waals surface area contributed by atoms with Gasteiger partial charge >= 0.3 is 0 Å². The van der Waals surface area contributed by atoms with Crippen molar-refractivity contribution < 1.29 is 14.6 Å². The molecule has 13 heavy (non-hydrogen) atoms. The summed E-state index contributed by atoms with van der Waals surface area (Å²) in [6.45, 7) is 2.53. The van der Waals surface area contributed by atoms with E-state index < -0.39 is 0 Å². The van der Waals surface area contributed by atoms with Gasteiger partial charge in [0, 0.05) is 17.5 Å². The highest BCUT2D eigenvalue weighted by atomic mass is 16.5. The number of fused-ring (bicyclic) bond motifs is 1. The number of aromatic hydroxyl groups is 1. The van der Waals surface area contributed by atoms with Crippen LogP contribution in [0.25, 0.3) is 0 Å². The van der Waals surface area contributed by atoms with E-state index in [2.05, 4.69) is 0 Å². The lowest BCUT2D eigenvalue weighted by Crippen LogP contribution is -1.90. The molecule has 0 spiro atoms. The molecule has 1 aliphatic rings. The predicted molar refractivity (Wildman–Crippen MR) is 48.6 cm³/mol. The van der Waals surface area contributed by atoms with Crippen LogP contribution in [0.15, 0.2) is 6.07 Å². The lowest BCUT2D eigenvalue weighted by atomic mass is 10.1. The molecular weight excluding hydrogens is 168 g/mol. The molecule has 0 saturated carbocycles. The van der Waals surface area contributed by atoms with Crippen LogP contribution in [0.5, 0.6) is 17.2 Å². The van der Waals surface area contributed by atoms with Crippen LogP contribution in [-0.2, 0) is 6.42 Å². The summed E-state index contributed by atoms with van der Waals surface area (Å²) in [5.74, 6) is 1.53. The second-order valence-corrected chi connectivity index (χ2v) is 3.14. The minimum atomic E-state index is 0.183. The second-order valence-electron chi connectivity index (χ2n) is 3.14. The average molecular weight is 180 g/mol. The summed E-state index contributed by atoms with van der Waals surface area (Å²) in [5, 5.41) is 9.66. The number of hydrogen-bond acceptors (Lipinski definition) is 3. The zero-order chi connectivity index (χ0) is 9.42. The fourth-order valence-electron chi connectivity index (χ4n) is 1.63. The van der Waals surface area contributed by atoms with Gasteiger partial charge in [0.25, 0.3) is 0 Å². The molecule has 0 atom stereocenters. The van der Waals surface area contributed by atoms with Gasteiger partial charge in [-0.2, -0.15) is 0 Å². The van der Waals surface area contributed by atoms with Gasteiger partial charge in [-0.05, 0) is 13.0 Å². The van der Waals surface area contributed by atoms with Crippen molar-refractivity contribution in [2.24, 2.45) is 0 Å². The Bertz CT molecular complexity index is 344. The monoisotopic (exact) mass is 180 g/mol. The smallest absolute Gasteiger partial charge is 0.164 e. The molecule has 0 amide bonds. The third-order valence-electron chi connectivity index (χ3n) is 2.36. The quantitative estimate of drug-likeness (QED) is 0.714. The van der Waals surface area contributed by atoms with E-state index in [-0.39, 0.29) is 5.75 Å². The molecule has 0 fully saturated rings. The maximum absolute atomic E-state index is 9.66. The Morgan fingerprint density at radius 2 is 2.31 bits per heavy atom. The highest BCUT2D eigenvalue weighted by molar-refractivity contribution is 5.57. The number of methoxy groups -OCH3 is 1. The highest BCUT2D eigenvalue weighted by Gasteiger charge is 2.20. The normalized spacial score (nSPS) is 13.7. The largest absolute Gasteiger partial charge is 0.504 e. The van der Waals surface area contributed by atoms with E-state index in [1.54, 1.807) is 7.11 Å². The van der Waals surface area contributed by atoms with Gasteiger partial charge in [0.15, 0.2) is 11.5 Å². The van der Waals surface area contributed by atoms with Crippen molar-refractivity contribution in [2.75, 3.05) is 13.7 Å². The Balaban J connectivity index is 2.61. The van der Waals surface area contributed by atoms with Crippen molar-refractivity contribution >= 4 is 0 Å². The van der Waals surface area contributed by atoms with E-state index in [4.69, 9.17) is 9.47 Å². The SMILES string of the molecule is COc1cc2c(c(C)c1O)OCC2. The average Bonchev–Trinajstić information content (AvgIpc) is 2.59. The Morgan fingerprint density at radius 1 is 1.54 bits per heavy atom. The first kappa shape index (κ1) is 8.23. The molecule has 0 aliphatic carbocycles. The Labute approximate surface area is 76.9 Å². The van der Waals surface area contributed by atoms with Crippen LogP contribution in [0.1, 0.15) is 11.1 Å². The second kappa shape index (κ2) is 2.83. The summed E-state index contributed by atoms with van der Waals surface area (Å²) in [6.07, 6.45) is 0.896. The third kappa shape index (κ3) is 1.11. The number of benzene rings is 1. The lowest BCUT2D eigenvalue weighted by Gasteiger charge is -2.09. The van der Waals surface area contributed by atoms with Crippen LogP contribution < -0.4 is 9.47 Å². The molecule has 1 N–H and O–H groups in total. The molecule has 0 aromatic heterocycles. The van der Waals surface area contributed by atoms with Crippen LogP contribution in [0, 0.1) is 6.92 Å². The number of phenolic OH excluding ortho intramolecular Hbond substituents is 1. The maximum Gasteiger partial charge on any atom is 0.164 e. The zero-order valence-corrected chi connectivity index (χ0v) is 7.76. The van der Waals surface area contributed by atoms with Gasteiger partial charge in [0.2, 0.25) is 0 Å². The Hall–Kier alpha value is -1.38. The molecule has 1 heterocycles. The van der Waals surface area contributed by atoms with Crippen LogP contribution in [0.3, 0.4) is 0 Å². The topological polar surface area (TPSA) is 38.7 Å². The summed E-state index contributed by atoms with van der Waals surface area (Å²) in [5.41, 5.74) is 1.89. The van der Waals surface area contributed by atoms with Crippen molar-refractivity contribution in [3.8, 4) is 17.2 Å². The summed E-state index contributed by atoms with van der Waals surface area (Å²) >= 11 is 0. The van der Waals surface area contributed by atoms with Crippen LogP contribution in [0.2, 0.25) is 0 Å². The summed E-state index contributed by atoms with van der Waals surface area (Å²) in [4.78, 5) is 0. The van der Waals surface area contributed by atoms with Crippen LogP contribution in [-0.4, -0.2) is 18.8 Å². The van der Waals surface area contributed by atoms with Crippen LogP contribution >= 0.6 is 0 Å². The lowest BCUT2D eigenvalue weighted by molar-refractivity contribution is 0.346. The number of hydrogen-bond donors (Lipinski definition) is 1. The van der Waals surface area contributed by atoms with Crippen molar-refractivity contribution in [1.82, 2.24) is 0 Å². The van der Waals surface area contributed by atoms with Crippen LogP contribution in [0.4, 0.5) is 0 Å². The minimum absolute atomic E-state index is 0.183. The summed E-state index contributed by atoms with van der Waals surface area (Å²) < 4.78 is 10.4. The zero-order valence-electron chi connectivity index (χ0n) is 7.76. The first-order valence-corrected chi connectivity index (χ1v) is 4.26. The Morgan fingerprint density at radius 3 is 3.00 bits per heavy atom. The number of rotatable bonds is 1. The minimum Gasteiger partial charge on any atom is -0.504 e. The molecule has 3 heteroatoms. The third-order valence-corrected chi connectivity index (χ3v) is 2.36. The van der Waals surface area contributed by atoms with Crippen molar-refractivity contribution in [3.63, 3.8) is 0 Å². The molecule has 70 valence electrons. The molecule has 1 aliphatic heterocycles. The Kier molecular flexibility index (Phi) is 1.79. The van der Waals surface area contributed by atoms with E-state index in [0.29, 0.717) is 12.4 Å². The van der Waals surface area contributed by atoms with E-state index in [1.165, 1.54) is 0 Å². The van der Waals surface area contributed by atoms with Gasteiger partial charge in [-0.25, -0.2) is 0 Å². The van der Waals surface area contributed by atoms with Gasteiger partial charge in [-0.1, -0.05) is 0 Å². The van der Waals surface area contributed by atoms with Gasteiger partial charge in [-0.3, -0.25) is 0 Å². The van der Waals surface area contributed by atoms with Crippen molar-refractivity contribution in [2.45, 2.75) is 13.3 Å². The van der Waals surface area contributed by atoms with E-state index in [0.717, 1.165) is 23.3 Å². The van der Waals surface area contributed by atoms with Crippen molar-refractivity contribution in [3.05, 3.63) is 17.2 Å². The molecule has 0 radical (unpaired) electrons. The first-order valence-electron chi connectivity index (χ1n) is 4.26. The molecular formula is C10H12O3. The molecule has 0 unspecified atom stereocenters. The van der Waals surface area contributed by atoms with E-state index in [1.807, 2.05) is 13.0 Å². The predicted octanol–water partition coefficient (Wildman–Crippen LogP) is 1.64. The maximum atomic E-state index is 9.66. The fourth-order valence-corrected chi connectivity index (χ4v) is 1.63. The molecule has 2 rings (SSSR count). The standard InChI is InChI=1S/C10H12O3/c1-6-9(11)8(12-2)5-7-3-4-13-10(6)7/h5,11H,3-4H2,1-2H3. The van der Waals surface area contributed by atoms with Gasteiger partial charge < -0.3 is 14.6 Å². The molecule has 0 saturated heterocycles. The highest BCUT2D eigenvalue weighted by Crippen LogP contribution is 2.41. The van der Waals surface area contributed by atoms with Gasteiger partial charge in [-0.15, -0.1) is 0 Å². The summed E-state index contributed by atoms with van der Waals surface area (Å²) in [6, 6.07) is 1.84. The summed E-state index contributed by atoms with van der Waals surface area (Å²) in [7, 11) is 1.55. The van der Waals surface area contributed by atoms with Gasteiger partial charge in [0.05, 0.1) is 13.7 Å². The first-order chi connectivity index (χ1) is 6.24. The molecule has 3 nitrogen and oxygen atoms in total. The fraction of sp³-hybridized carbons (Fsp3) is 0.400. The molecule has 1 aromatic carbocycles. The number of phenols is 1. The van der Waals surface area contributed by atoms with E-state index in [9.17, 15) is 5.11 Å².